The van der Waals surface area contributed by atoms with E-state index in [9.17, 15) is 5.11 Å². The SMILES string of the molecule is OC1Cc2c1c1c3c4c(c3c21)CC4. The maximum absolute atomic E-state index is 9.53. The largest absolute Gasteiger partial charge is 0.388 e. The molecule has 3 aromatic rings. The molecule has 1 nitrogen and oxygen atoms in total. The lowest BCUT2D eigenvalue weighted by Gasteiger charge is -2.44. The Balaban J connectivity index is 1.99. The van der Waals surface area contributed by atoms with Gasteiger partial charge in [0.1, 0.15) is 0 Å². The third kappa shape index (κ3) is 0.322. The molecular formula is C12H8O. The Morgan fingerprint density at radius 1 is 0.846 bits per heavy atom. The van der Waals surface area contributed by atoms with Crippen molar-refractivity contribution < 1.29 is 5.11 Å². The molecule has 2 aliphatic carbocycles. The molecule has 1 atom stereocenters. The second-order valence-corrected chi connectivity index (χ2v) is 4.57. The lowest BCUT2D eigenvalue weighted by molar-refractivity contribution is 0.155. The molecule has 0 saturated heterocycles. The molecule has 5 rings (SSSR count). The van der Waals surface area contributed by atoms with Crippen molar-refractivity contribution in [1.29, 1.82) is 0 Å². The van der Waals surface area contributed by atoms with Crippen LogP contribution in [0.3, 0.4) is 0 Å². The summed E-state index contributed by atoms with van der Waals surface area (Å²) in [7, 11) is 0. The van der Waals surface area contributed by atoms with E-state index in [0.29, 0.717) is 0 Å². The van der Waals surface area contributed by atoms with Gasteiger partial charge in [-0.15, -0.1) is 0 Å². The quantitative estimate of drug-likeness (QED) is 0.544. The fourth-order valence-corrected chi connectivity index (χ4v) is 3.44. The molecule has 62 valence electrons. The maximum Gasteiger partial charge on any atom is 0.0839 e. The van der Waals surface area contributed by atoms with Gasteiger partial charge in [0.15, 0.2) is 0 Å². The highest BCUT2D eigenvalue weighted by atomic mass is 16.3. The zero-order chi connectivity index (χ0) is 8.32. The van der Waals surface area contributed by atoms with Gasteiger partial charge in [-0.25, -0.2) is 0 Å². The Bertz CT molecular complexity index is 622. The molecule has 0 aliphatic heterocycles. The fraction of sp³-hybridized carbons (Fsp3) is 0.333. The highest BCUT2D eigenvalue weighted by Gasteiger charge is 2.43. The van der Waals surface area contributed by atoms with Crippen LogP contribution < -0.4 is 0 Å². The van der Waals surface area contributed by atoms with Crippen LogP contribution >= 0.6 is 0 Å². The van der Waals surface area contributed by atoms with Crippen LogP contribution in [-0.2, 0) is 19.3 Å². The van der Waals surface area contributed by atoms with E-state index in [1.165, 1.54) is 29.4 Å². The molecule has 1 N–H and O–H groups in total. The van der Waals surface area contributed by atoms with E-state index in [0.717, 1.165) is 6.42 Å². The molecule has 0 bridgehead atoms. The molecule has 13 heavy (non-hydrogen) atoms. The lowest BCUT2D eigenvalue weighted by Crippen LogP contribution is -2.28. The third-order valence-electron chi connectivity index (χ3n) is 4.22. The van der Waals surface area contributed by atoms with Crippen molar-refractivity contribution in [3.8, 4) is 0 Å². The van der Waals surface area contributed by atoms with Gasteiger partial charge in [-0.2, -0.15) is 0 Å². The molecule has 2 aliphatic rings. The van der Waals surface area contributed by atoms with Crippen LogP contribution in [0.4, 0.5) is 0 Å². The minimum Gasteiger partial charge on any atom is -0.388 e. The minimum atomic E-state index is -0.118. The molecule has 0 saturated carbocycles. The smallest absolute Gasteiger partial charge is 0.0839 e. The van der Waals surface area contributed by atoms with Gasteiger partial charge in [0, 0.05) is 6.42 Å². The van der Waals surface area contributed by atoms with Gasteiger partial charge in [-0.05, 0) is 56.6 Å². The maximum atomic E-state index is 9.53. The van der Waals surface area contributed by atoms with Gasteiger partial charge in [0.25, 0.3) is 0 Å². The Morgan fingerprint density at radius 2 is 1.46 bits per heavy atom. The number of aliphatic hydroxyl groups is 1. The number of aryl methyl sites for hydroxylation is 2. The van der Waals surface area contributed by atoms with E-state index in [1.54, 1.807) is 27.3 Å². The molecular weight excluding hydrogens is 160 g/mol. The van der Waals surface area contributed by atoms with Gasteiger partial charge in [0.2, 0.25) is 0 Å². The minimum absolute atomic E-state index is 0.118. The van der Waals surface area contributed by atoms with Crippen molar-refractivity contribution in [3.05, 3.63) is 22.3 Å². The van der Waals surface area contributed by atoms with Crippen LogP contribution in [0.1, 0.15) is 28.4 Å². The summed E-state index contributed by atoms with van der Waals surface area (Å²) >= 11 is 0. The standard InChI is InChI=1S/C12H8O/c13-7-3-6-8(7)12-10-5-2-1-4(5)9(10)11(6)12/h7,13H,1-3H2. The highest BCUT2D eigenvalue weighted by Crippen LogP contribution is 2.61. The first-order valence-electron chi connectivity index (χ1n) is 5.02. The van der Waals surface area contributed by atoms with E-state index in [4.69, 9.17) is 0 Å². The topological polar surface area (TPSA) is 20.2 Å². The molecule has 1 heteroatoms. The van der Waals surface area contributed by atoms with Gasteiger partial charge in [-0.3, -0.25) is 0 Å². The highest BCUT2D eigenvalue weighted by molar-refractivity contribution is 6.38. The summed E-state index contributed by atoms with van der Waals surface area (Å²) in [5.74, 6) is 0. The van der Waals surface area contributed by atoms with E-state index >= 15 is 0 Å². The molecule has 0 spiro atoms. The molecule has 0 radical (unpaired) electrons. The Labute approximate surface area is 75.0 Å². The van der Waals surface area contributed by atoms with Gasteiger partial charge < -0.3 is 5.11 Å². The molecule has 0 heterocycles. The van der Waals surface area contributed by atoms with Crippen molar-refractivity contribution in [1.82, 2.24) is 0 Å². The van der Waals surface area contributed by atoms with E-state index in [1.807, 2.05) is 0 Å². The molecule has 1 unspecified atom stereocenters. The number of hydrogen-bond acceptors (Lipinski definition) is 1. The monoisotopic (exact) mass is 168 g/mol. The molecule has 0 fully saturated rings. The lowest BCUT2D eigenvalue weighted by atomic mass is 9.60. The average Bonchev–Trinajstić information content (AvgIpc) is 2.05. The summed E-state index contributed by atoms with van der Waals surface area (Å²) in [6, 6.07) is 0. The number of rotatable bonds is 0. The van der Waals surface area contributed by atoms with Crippen LogP contribution in [0.25, 0.3) is 21.5 Å². The van der Waals surface area contributed by atoms with Crippen LogP contribution in [0.5, 0.6) is 0 Å². The van der Waals surface area contributed by atoms with Gasteiger partial charge in [-0.1, -0.05) is 0 Å². The zero-order valence-electron chi connectivity index (χ0n) is 7.15. The molecule has 0 aromatic heterocycles. The first-order chi connectivity index (χ1) is 6.38. The summed E-state index contributed by atoms with van der Waals surface area (Å²) in [5.41, 5.74) is 6.06. The first kappa shape index (κ1) is 5.61. The van der Waals surface area contributed by atoms with E-state index in [-0.39, 0.29) is 6.10 Å². The summed E-state index contributed by atoms with van der Waals surface area (Å²) in [4.78, 5) is 0. The predicted molar refractivity (Wildman–Crippen MR) is 51.1 cm³/mol. The van der Waals surface area contributed by atoms with Crippen LogP contribution in [-0.4, -0.2) is 5.11 Å². The first-order valence-corrected chi connectivity index (χ1v) is 5.02. The van der Waals surface area contributed by atoms with Crippen molar-refractivity contribution in [2.75, 3.05) is 0 Å². The van der Waals surface area contributed by atoms with Crippen LogP contribution in [0, 0.1) is 0 Å². The number of benzene rings is 2. The van der Waals surface area contributed by atoms with Crippen LogP contribution in [0.2, 0.25) is 0 Å². The second-order valence-electron chi connectivity index (χ2n) is 4.57. The van der Waals surface area contributed by atoms with Gasteiger partial charge >= 0.3 is 0 Å². The van der Waals surface area contributed by atoms with Crippen molar-refractivity contribution >= 4 is 21.5 Å². The van der Waals surface area contributed by atoms with Gasteiger partial charge in [0.05, 0.1) is 6.10 Å². The van der Waals surface area contributed by atoms with E-state index < -0.39 is 0 Å². The second kappa shape index (κ2) is 1.28. The number of hydrogen-bond donors (Lipinski definition) is 1. The normalized spacial score (nSPS) is 25.2. The molecule has 0 amide bonds. The zero-order valence-corrected chi connectivity index (χ0v) is 7.15. The summed E-state index contributed by atoms with van der Waals surface area (Å²) in [6.45, 7) is 0. The summed E-state index contributed by atoms with van der Waals surface area (Å²) < 4.78 is 0. The summed E-state index contributed by atoms with van der Waals surface area (Å²) in [5, 5.41) is 15.7. The van der Waals surface area contributed by atoms with Crippen molar-refractivity contribution in [3.63, 3.8) is 0 Å². The van der Waals surface area contributed by atoms with Crippen LogP contribution in [0.15, 0.2) is 0 Å². The number of fused-ring (bicyclic) bond motifs is 10. The fourth-order valence-electron chi connectivity index (χ4n) is 3.44. The third-order valence-corrected chi connectivity index (χ3v) is 4.22. The number of aliphatic hydroxyl groups excluding tert-OH is 1. The Hall–Kier alpha value is -1.08. The summed E-state index contributed by atoms with van der Waals surface area (Å²) in [6.07, 6.45) is 3.42. The van der Waals surface area contributed by atoms with Crippen molar-refractivity contribution in [2.45, 2.75) is 25.4 Å². The van der Waals surface area contributed by atoms with Crippen molar-refractivity contribution in [2.24, 2.45) is 0 Å². The Kier molecular flexibility index (Phi) is 0.554. The Morgan fingerprint density at radius 3 is 2.08 bits per heavy atom. The van der Waals surface area contributed by atoms with E-state index in [2.05, 4.69) is 0 Å². The average molecular weight is 168 g/mol. The predicted octanol–water partition coefficient (Wildman–Crippen LogP) is 1.99. The molecule has 3 aromatic carbocycles.